The van der Waals surface area contributed by atoms with Crippen LogP contribution in [0, 0.1) is 0 Å². The SMILES string of the molecule is CC(C)(C)NC(=O)[C@@H]1CC(Sc2ccccc2)CN1C(=O)[C@@H](O)[C@H](Cc1ccccc1)NC(=O)[C@H](CC(N)=O)NC(=O)OCc1ccccc1. The van der Waals surface area contributed by atoms with E-state index < -0.39 is 60.0 Å². The van der Waals surface area contributed by atoms with Gasteiger partial charge in [0.1, 0.15) is 18.7 Å². The minimum absolute atomic E-state index is 0.0239. The Balaban J connectivity index is 1.54. The van der Waals surface area contributed by atoms with Crippen LogP contribution in [0.1, 0.15) is 44.7 Å². The summed E-state index contributed by atoms with van der Waals surface area (Å²) in [6.07, 6.45) is -2.93. The standard InChI is InChI=1S/C37H45N5O7S/c1-37(2,3)41-34(46)30-20-27(50-26-17-11-6-12-18-26)22-42(30)35(47)32(44)28(19-24-13-7-4-8-14-24)39-33(45)29(21-31(38)43)40-36(48)49-23-25-15-9-5-10-16-25/h4-18,27-30,32,44H,19-23H2,1-3H3,(H2,38,43)(H,39,45)(H,40,48)(H,41,46)/t27?,28-,29-,30-,32-/m0/s1. The summed E-state index contributed by atoms with van der Waals surface area (Å²) >= 11 is 1.54. The maximum absolute atomic E-state index is 14.2. The number of rotatable bonds is 14. The van der Waals surface area contributed by atoms with Crippen molar-refractivity contribution in [2.24, 2.45) is 5.73 Å². The number of carbonyl (C=O) groups excluding carboxylic acids is 5. The molecular weight excluding hydrogens is 659 g/mol. The van der Waals surface area contributed by atoms with Gasteiger partial charge in [0.25, 0.3) is 5.91 Å². The molecule has 12 nitrogen and oxygen atoms in total. The average Bonchev–Trinajstić information content (AvgIpc) is 3.50. The molecule has 1 aliphatic rings. The molecule has 266 valence electrons. The lowest BCUT2D eigenvalue weighted by atomic mass is 9.99. The summed E-state index contributed by atoms with van der Waals surface area (Å²) in [6, 6.07) is 23.9. The van der Waals surface area contributed by atoms with Gasteiger partial charge in [-0.3, -0.25) is 19.2 Å². The molecule has 6 N–H and O–H groups in total. The summed E-state index contributed by atoms with van der Waals surface area (Å²) in [5.74, 6) is -2.80. The molecule has 0 aliphatic carbocycles. The van der Waals surface area contributed by atoms with Gasteiger partial charge in [0.05, 0.1) is 12.5 Å². The van der Waals surface area contributed by atoms with Crippen LogP contribution in [-0.4, -0.2) is 81.3 Å². The van der Waals surface area contributed by atoms with E-state index in [9.17, 15) is 29.1 Å². The van der Waals surface area contributed by atoms with Crippen molar-refractivity contribution in [2.75, 3.05) is 6.54 Å². The molecule has 3 aromatic rings. The molecule has 5 amide bonds. The Kier molecular flexibility index (Phi) is 13.4. The highest BCUT2D eigenvalue weighted by atomic mass is 32.2. The van der Waals surface area contributed by atoms with Gasteiger partial charge in [-0.1, -0.05) is 78.9 Å². The molecule has 50 heavy (non-hydrogen) atoms. The first-order valence-corrected chi connectivity index (χ1v) is 17.3. The van der Waals surface area contributed by atoms with E-state index in [1.165, 1.54) is 4.90 Å². The number of benzene rings is 3. The Morgan fingerprint density at radius 1 is 0.900 bits per heavy atom. The van der Waals surface area contributed by atoms with Crippen LogP contribution in [0.4, 0.5) is 4.79 Å². The fourth-order valence-electron chi connectivity index (χ4n) is 5.57. The molecule has 0 spiro atoms. The van der Waals surface area contributed by atoms with Crippen LogP contribution >= 0.6 is 11.8 Å². The molecular formula is C37H45N5O7S. The van der Waals surface area contributed by atoms with E-state index in [-0.39, 0.29) is 30.7 Å². The van der Waals surface area contributed by atoms with Gasteiger partial charge in [0.2, 0.25) is 17.7 Å². The normalized spacial score (nSPS) is 17.6. The predicted octanol–water partition coefficient (Wildman–Crippen LogP) is 2.92. The molecule has 1 saturated heterocycles. The van der Waals surface area contributed by atoms with Crippen molar-refractivity contribution in [3.63, 3.8) is 0 Å². The van der Waals surface area contributed by atoms with Crippen LogP contribution < -0.4 is 21.7 Å². The van der Waals surface area contributed by atoms with Crippen LogP contribution in [-0.2, 0) is 36.9 Å². The second-order valence-electron chi connectivity index (χ2n) is 13.2. The van der Waals surface area contributed by atoms with Crippen LogP contribution in [0.15, 0.2) is 95.9 Å². The zero-order valence-electron chi connectivity index (χ0n) is 28.4. The molecule has 1 fully saturated rings. The monoisotopic (exact) mass is 703 g/mol. The van der Waals surface area contributed by atoms with Crippen LogP contribution in [0.3, 0.4) is 0 Å². The fourth-order valence-corrected chi connectivity index (χ4v) is 6.78. The number of nitrogens with two attached hydrogens (primary N) is 1. The first kappa shape index (κ1) is 37.9. The third-order valence-corrected chi connectivity index (χ3v) is 9.10. The highest BCUT2D eigenvalue weighted by Gasteiger charge is 2.44. The lowest BCUT2D eigenvalue weighted by molar-refractivity contribution is -0.147. The Morgan fingerprint density at radius 2 is 1.48 bits per heavy atom. The number of amides is 5. The average molecular weight is 704 g/mol. The number of hydrogen-bond donors (Lipinski definition) is 5. The number of aliphatic hydroxyl groups is 1. The third kappa shape index (κ3) is 11.6. The van der Waals surface area contributed by atoms with Gasteiger partial charge >= 0.3 is 6.09 Å². The second kappa shape index (κ2) is 17.7. The Morgan fingerprint density at radius 3 is 2.06 bits per heavy atom. The molecule has 3 aromatic carbocycles. The van der Waals surface area contributed by atoms with E-state index in [2.05, 4.69) is 16.0 Å². The summed E-state index contributed by atoms with van der Waals surface area (Å²) in [7, 11) is 0. The zero-order valence-corrected chi connectivity index (χ0v) is 29.2. The molecule has 4 rings (SSSR count). The molecule has 1 heterocycles. The summed E-state index contributed by atoms with van der Waals surface area (Å²) in [5.41, 5.74) is 6.26. The first-order valence-electron chi connectivity index (χ1n) is 16.4. The molecule has 0 saturated carbocycles. The largest absolute Gasteiger partial charge is 0.445 e. The minimum Gasteiger partial charge on any atom is -0.445 e. The Labute approximate surface area is 296 Å². The number of primary amides is 1. The number of thioether (sulfide) groups is 1. The number of aliphatic hydroxyl groups excluding tert-OH is 1. The highest BCUT2D eigenvalue weighted by Crippen LogP contribution is 2.34. The number of hydrogen-bond acceptors (Lipinski definition) is 8. The van der Waals surface area contributed by atoms with E-state index >= 15 is 0 Å². The summed E-state index contributed by atoms with van der Waals surface area (Å²) in [5, 5.41) is 19.5. The van der Waals surface area contributed by atoms with Gasteiger partial charge < -0.3 is 36.4 Å². The first-order chi connectivity index (χ1) is 23.8. The number of nitrogens with zero attached hydrogens (tertiary/aromatic N) is 1. The van der Waals surface area contributed by atoms with Gasteiger partial charge in [-0.2, -0.15) is 0 Å². The lowest BCUT2D eigenvalue weighted by Crippen LogP contribution is -2.59. The van der Waals surface area contributed by atoms with Gasteiger partial charge in [-0.05, 0) is 56.9 Å². The highest BCUT2D eigenvalue weighted by molar-refractivity contribution is 8.00. The van der Waals surface area contributed by atoms with Crippen molar-refractivity contribution in [1.82, 2.24) is 20.9 Å². The van der Waals surface area contributed by atoms with E-state index in [1.54, 1.807) is 66.4 Å². The van der Waals surface area contributed by atoms with Gasteiger partial charge in [-0.25, -0.2) is 4.79 Å². The molecule has 0 bridgehead atoms. The Bertz CT molecular complexity index is 1600. The van der Waals surface area contributed by atoms with Crippen molar-refractivity contribution >= 4 is 41.5 Å². The molecule has 13 heteroatoms. The quantitative estimate of drug-likeness (QED) is 0.170. The minimum atomic E-state index is -1.79. The zero-order chi connectivity index (χ0) is 36.3. The second-order valence-corrected chi connectivity index (χ2v) is 14.6. The van der Waals surface area contributed by atoms with Crippen molar-refractivity contribution < 1.29 is 33.8 Å². The molecule has 1 unspecified atom stereocenters. The molecule has 0 radical (unpaired) electrons. The maximum Gasteiger partial charge on any atom is 0.408 e. The number of ether oxygens (including phenoxy) is 1. The topological polar surface area (TPSA) is 180 Å². The van der Waals surface area contributed by atoms with E-state index in [0.717, 1.165) is 4.90 Å². The van der Waals surface area contributed by atoms with Gasteiger partial charge in [-0.15, -0.1) is 11.8 Å². The maximum atomic E-state index is 14.2. The molecule has 5 atom stereocenters. The van der Waals surface area contributed by atoms with Gasteiger partial charge in [0, 0.05) is 22.2 Å². The molecule has 1 aliphatic heterocycles. The van der Waals surface area contributed by atoms with E-state index in [0.29, 0.717) is 17.5 Å². The van der Waals surface area contributed by atoms with Gasteiger partial charge in [0.15, 0.2) is 6.10 Å². The van der Waals surface area contributed by atoms with Crippen molar-refractivity contribution in [3.05, 3.63) is 102 Å². The van der Waals surface area contributed by atoms with Crippen molar-refractivity contribution in [1.29, 1.82) is 0 Å². The van der Waals surface area contributed by atoms with Crippen LogP contribution in [0.25, 0.3) is 0 Å². The summed E-state index contributed by atoms with van der Waals surface area (Å²) in [4.78, 5) is 68.2. The summed E-state index contributed by atoms with van der Waals surface area (Å²) in [6.45, 7) is 5.64. The number of nitrogens with one attached hydrogen (secondary N) is 3. The van der Waals surface area contributed by atoms with Crippen LogP contribution in [0.2, 0.25) is 0 Å². The number of carbonyl (C=O) groups is 5. The van der Waals surface area contributed by atoms with E-state index in [4.69, 9.17) is 10.5 Å². The van der Waals surface area contributed by atoms with Crippen molar-refractivity contribution in [3.8, 4) is 0 Å². The summed E-state index contributed by atoms with van der Waals surface area (Å²) < 4.78 is 5.23. The molecule has 0 aromatic heterocycles. The predicted molar refractivity (Wildman–Crippen MR) is 190 cm³/mol. The number of alkyl carbamates (subject to hydrolysis) is 1. The lowest BCUT2D eigenvalue weighted by Gasteiger charge is -2.32. The van der Waals surface area contributed by atoms with E-state index in [1.807, 2.05) is 57.2 Å². The van der Waals surface area contributed by atoms with Crippen molar-refractivity contribution in [2.45, 2.75) is 86.6 Å². The third-order valence-electron chi connectivity index (χ3n) is 7.88. The Hall–Kier alpha value is -4.88. The number of likely N-dealkylation sites (tertiary alicyclic amines) is 1. The smallest absolute Gasteiger partial charge is 0.408 e. The van der Waals surface area contributed by atoms with Crippen LogP contribution in [0.5, 0.6) is 0 Å². The fraction of sp³-hybridized carbons (Fsp3) is 0.378.